The van der Waals surface area contributed by atoms with Crippen LogP contribution in [0.4, 0.5) is 0 Å². The predicted molar refractivity (Wildman–Crippen MR) is 436 cm³/mol. The Morgan fingerprint density at radius 3 is 0.800 bits per heavy atom. The van der Waals surface area contributed by atoms with Crippen molar-refractivity contribution in [2.45, 2.75) is 360 Å². The van der Waals surface area contributed by atoms with Crippen LogP contribution in [0.15, 0.2) is 134 Å². The van der Waals surface area contributed by atoms with E-state index in [0.717, 1.165) is 148 Å². The van der Waals surface area contributed by atoms with Crippen molar-refractivity contribution in [1.29, 1.82) is 0 Å². The molecule has 0 heterocycles. The second kappa shape index (κ2) is 79.2. The first-order valence-electron chi connectivity index (χ1n) is 41.5. The Labute approximate surface area is 639 Å². The van der Waals surface area contributed by atoms with Crippen LogP contribution in [-0.4, -0.2) is 95.9 Å². The molecule has 0 fully saturated rings. The van der Waals surface area contributed by atoms with Crippen LogP contribution >= 0.6 is 15.6 Å². The molecule has 0 amide bonds. The number of esters is 3. The third-order valence-electron chi connectivity index (χ3n) is 17.4. The van der Waals surface area contributed by atoms with Crippen LogP contribution in [-0.2, 0) is 55.8 Å². The molecule has 0 radical (unpaired) electrons. The maximum absolute atomic E-state index is 13.0. The van der Waals surface area contributed by atoms with Crippen LogP contribution in [0, 0.1) is 0 Å². The number of rotatable bonds is 78. The molecule has 0 aliphatic carbocycles. The molecule has 0 aromatic carbocycles. The third kappa shape index (κ3) is 80.5. The molecule has 0 aliphatic rings. The molecule has 0 aliphatic heterocycles. The smallest absolute Gasteiger partial charge is 0.463 e. The van der Waals surface area contributed by atoms with Gasteiger partial charge < -0.3 is 34.2 Å². The average Bonchev–Trinajstić information content (AvgIpc) is 1.03. The van der Waals surface area contributed by atoms with Gasteiger partial charge >= 0.3 is 33.6 Å². The summed E-state index contributed by atoms with van der Waals surface area (Å²) >= 11 is 0. The molecule has 0 saturated carbocycles. The van der Waals surface area contributed by atoms with Crippen LogP contribution in [0.5, 0.6) is 0 Å². The Kier molecular flexibility index (Phi) is 76.0. The second-order valence-corrected chi connectivity index (χ2v) is 30.4. The van der Waals surface area contributed by atoms with Crippen molar-refractivity contribution >= 4 is 33.6 Å². The molecule has 16 nitrogen and oxygen atoms in total. The number of carbonyl (C=O) groups excluding carboxylic acids is 3. The van der Waals surface area contributed by atoms with Gasteiger partial charge in [0, 0.05) is 19.3 Å². The van der Waals surface area contributed by atoms with E-state index in [4.69, 9.17) is 32.3 Å². The van der Waals surface area contributed by atoms with E-state index >= 15 is 0 Å². The predicted octanol–water partition coefficient (Wildman–Crippen LogP) is 24.7. The topological polar surface area (TPSA) is 231 Å². The largest absolute Gasteiger partial charge is 0.472 e. The monoisotopic (exact) mass is 1510 g/mol. The first kappa shape index (κ1) is 101. The number of unbranched alkanes of at least 4 members (excludes halogenated alkanes) is 33. The van der Waals surface area contributed by atoms with Gasteiger partial charge in [-0.1, -0.05) is 341 Å². The zero-order chi connectivity index (χ0) is 76.6. The maximum Gasteiger partial charge on any atom is 0.472 e. The van der Waals surface area contributed by atoms with Crippen molar-refractivity contribution in [3.05, 3.63) is 134 Å². The molecule has 5 atom stereocenters. The van der Waals surface area contributed by atoms with E-state index in [1.165, 1.54) is 135 Å². The summed E-state index contributed by atoms with van der Waals surface area (Å²) in [5, 5.41) is 20.7. The minimum absolute atomic E-state index is 0.102. The van der Waals surface area contributed by atoms with Crippen LogP contribution < -0.4 is 0 Å². The fourth-order valence-corrected chi connectivity index (χ4v) is 12.7. The van der Waals surface area contributed by atoms with Crippen LogP contribution in [0.2, 0.25) is 0 Å². The van der Waals surface area contributed by atoms with Crippen molar-refractivity contribution in [3.8, 4) is 0 Å². The van der Waals surface area contributed by atoms with E-state index in [0.29, 0.717) is 19.3 Å². The molecule has 0 aromatic rings. The van der Waals surface area contributed by atoms with E-state index in [1.807, 2.05) is 0 Å². The highest BCUT2D eigenvalue weighted by molar-refractivity contribution is 7.47. The molecule has 0 aromatic heterocycles. The maximum atomic E-state index is 13.0. The SMILES string of the molecule is CC/C=C\C/C=C\C/C=C\C/C=C\C/C=C\C/C=C\CCCCCCCCCCCCCCCCCCC(=O)OCC(O)COP(=O)(O)OCC(O)COP(=O)(O)OCC(COC(=O)CCCCCCC/C=C\C/C=C\C/C=C\C/C=C\C/C=C\CC)OC(=O)CCCCCCCCCCCCCCC. The number of hydrogen-bond acceptors (Lipinski definition) is 14. The lowest BCUT2D eigenvalue weighted by Crippen LogP contribution is -2.30. The third-order valence-corrected chi connectivity index (χ3v) is 19.3. The number of phosphoric ester groups is 2. The number of aliphatic hydroxyl groups is 2. The Hall–Kier alpha value is -4.31. The van der Waals surface area contributed by atoms with E-state index in [2.05, 4.69) is 154 Å². The highest BCUT2D eigenvalue weighted by Gasteiger charge is 2.29. The first-order valence-corrected chi connectivity index (χ1v) is 44.5. The molecular weight excluding hydrogens is 1360 g/mol. The van der Waals surface area contributed by atoms with Gasteiger partial charge in [0.1, 0.15) is 25.4 Å². The zero-order valence-corrected chi connectivity index (χ0v) is 67.9. The summed E-state index contributed by atoms with van der Waals surface area (Å²) in [6, 6.07) is 0. The summed E-state index contributed by atoms with van der Waals surface area (Å²) in [6.45, 7) is 2.46. The number of aliphatic hydroxyl groups excluding tert-OH is 2. The van der Waals surface area contributed by atoms with Crippen molar-refractivity contribution in [2.75, 3.05) is 39.6 Å². The fourth-order valence-electron chi connectivity index (χ4n) is 11.1. The van der Waals surface area contributed by atoms with E-state index in [-0.39, 0.29) is 19.3 Å². The summed E-state index contributed by atoms with van der Waals surface area (Å²) in [7, 11) is -9.79. The molecule has 0 bridgehead atoms. The molecule has 0 spiro atoms. The standard InChI is InChI=1S/C87H150O16P2/c1-4-7-10-13-16-19-22-25-27-29-31-33-34-35-36-37-38-39-40-41-42-43-44-45-46-48-50-51-53-56-58-61-64-67-70-73-85(90)97-76-82(88)77-99-104(93,94)100-78-83(89)79-101-105(95,96)102-81-84(103-87(92)75-72-69-66-63-60-55-24-21-18-15-12-9-6-3)80-98-86(91)74-71-68-65-62-59-57-54-52-49-47-32-30-28-26-23-20-17-14-11-8-5-2/h7-8,10-11,16-17,19-20,25-28,31-33,35-36,38-39,47,52,54,82-84,88-89H,4-6,9,12-15,18,21-24,29-30,34,37,40-46,48-51,53,55-81H2,1-3H3,(H,93,94)(H,95,96)/b10-7-,11-8-,19-16-,20-17-,27-25-,28-26-,33-31-,36-35-,39-38-,47-32-,54-52-. The lowest BCUT2D eigenvalue weighted by molar-refractivity contribution is -0.161. The van der Waals surface area contributed by atoms with Gasteiger partial charge in [-0.3, -0.25) is 32.5 Å². The molecular formula is C87H150O16P2. The fraction of sp³-hybridized carbons (Fsp3) is 0.713. The van der Waals surface area contributed by atoms with Crippen LogP contribution in [0.25, 0.3) is 0 Å². The Bertz CT molecular complexity index is 2440. The van der Waals surface area contributed by atoms with Gasteiger partial charge in [-0.15, -0.1) is 0 Å². The minimum Gasteiger partial charge on any atom is -0.463 e. The summed E-state index contributed by atoms with van der Waals surface area (Å²) in [5.74, 6) is -1.59. The zero-order valence-electron chi connectivity index (χ0n) is 66.1. The van der Waals surface area contributed by atoms with Crippen molar-refractivity contribution in [2.24, 2.45) is 0 Å². The van der Waals surface area contributed by atoms with Gasteiger partial charge in [-0.2, -0.15) is 0 Å². The Morgan fingerprint density at radius 1 is 0.276 bits per heavy atom. The molecule has 604 valence electrons. The lowest BCUT2D eigenvalue weighted by Gasteiger charge is -2.21. The average molecular weight is 1510 g/mol. The van der Waals surface area contributed by atoms with Gasteiger partial charge in [0.25, 0.3) is 0 Å². The molecule has 4 N–H and O–H groups in total. The quantitative estimate of drug-likeness (QED) is 0.0146. The number of hydrogen-bond donors (Lipinski definition) is 4. The molecule has 0 saturated heterocycles. The van der Waals surface area contributed by atoms with Crippen molar-refractivity contribution < 1.29 is 75.8 Å². The number of carbonyl (C=O) groups is 3. The number of ether oxygens (including phenoxy) is 3. The number of phosphoric acid groups is 2. The minimum atomic E-state index is -4.93. The van der Waals surface area contributed by atoms with Crippen molar-refractivity contribution in [3.63, 3.8) is 0 Å². The number of allylic oxidation sites excluding steroid dienone is 22. The molecule has 5 unspecified atom stereocenters. The van der Waals surface area contributed by atoms with Gasteiger partial charge in [-0.05, 0) is 116 Å². The Balaban J connectivity index is 4.40. The van der Waals surface area contributed by atoms with Gasteiger partial charge in [-0.25, -0.2) is 9.13 Å². The van der Waals surface area contributed by atoms with Crippen LogP contribution in [0.3, 0.4) is 0 Å². The van der Waals surface area contributed by atoms with Gasteiger partial charge in [0.15, 0.2) is 6.10 Å². The summed E-state index contributed by atoms with van der Waals surface area (Å²) in [5.41, 5.74) is 0. The highest BCUT2D eigenvalue weighted by atomic mass is 31.2. The van der Waals surface area contributed by atoms with Crippen LogP contribution in [0.1, 0.15) is 342 Å². The first-order chi connectivity index (χ1) is 51.2. The summed E-state index contributed by atoms with van der Waals surface area (Å²) < 4.78 is 61.2. The normalized spacial score (nSPS) is 14.6. The van der Waals surface area contributed by atoms with Gasteiger partial charge in [0.2, 0.25) is 0 Å². The highest BCUT2D eigenvalue weighted by Crippen LogP contribution is 2.45. The Morgan fingerprint density at radius 2 is 0.505 bits per heavy atom. The van der Waals surface area contributed by atoms with E-state index < -0.39 is 91.5 Å². The van der Waals surface area contributed by atoms with E-state index in [1.54, 1.807) is 0 Å². The molecule has 105 heavy (non-hydrogen) atoms. The van der Waals surface area contributed by atoms with Crippen molar-refractivity contribution in [1.82, 2.24) is 0 Å². The van der Waals surface area contributed by atoms with E-state index in [9.17, 15) is 43.5 Å². The summed E-state index contributed by atoms with van der Waals surface area (Å²) in [6.07, 6.45) is 96.6. The summed E-state index contributed by atoms with van der Waals surface area (Å²) in [4.78, 5) is 58.6. The van der Waals surface area contributed by atoms with Gasteiger partial charge in [0.05, 0.1) is 26.4 Å². The molecule has 0 rings (SSSR count). The molecule has 18 heteroatoms. The second-order valence-electron chi connectivity index (χ2n) is 27.5. The lowest BCUT2D eigenvalue weighted by atomic mass is 10.0.